The van der Waals surface area contributed by atoms with Crippen LogP contribution < -0.4 is 10.8 Å². The predicted octanol–water partition coefficient (Wildman–Crippen LogP) is 2.69. The van der Waals surface area contributed by atoms with Gasteiger partial charge in [-0.2, -0.15) is 0 Å². The molecule has 0 radical (unpaired) electrons. The quantitative estimate of drug-likeness (QED) is 0.879. The van der Waals surface area contributed by atoms with Crippen LogP contribution in [0.3, 0.4) is 0 Å². The van der Waals surface area contributed by atoms with Crippen LogP contribution in [-0.4, -0.2) is 29.2 Å². The smallest absolute Gasteiger partial charge is 0.399 e. The number of carbonyl (C=O) groups excluding carboxylic acids is 1. The SMILES string of the molecule is CC1(C)OB(c2ccc(C(=O)Nc3cscn3)cc2)OC1(C)C. The maximum absolute atomic E-state index is 12.1. The van der Waals surface area contributed by atoms with E-state index >= 15 is 0 Å². The number of benzene rings is 1. The molecule has 1 aromatic heterocycles. The summed E-state index contributed by atoms with van der Waals surface area (Å²) in [5, 5.41) is 4.54. The van der Waals surface area contributed by atoms with Crippen molar-refractivity contribution in [3.05, 3.63) is 40.7 Å². The van der Waals surface area contributed by atoms with E-state index in [0.29, 0.717) is 11.4 Å². The molecular formula is C16H19BN2O3S. The van der Waals surface area contributed by atoms with E-state index in [2.05, 4.69) is 10.3 Å². The molecule has 2 aromatic rings. The summed E-state index contributed by atoms with van der Waals surface area (Å²) in [6, 6.07) is 7.25. The van der Waals surface area contributed by atoms with Gasteiger partial charge in [-0.15, -0.1) is 11.3 Å². The minimum Gasteiger partial charge on any atom is -0.399 e. The van der Waals surface area contributed by atoms with Crippen molar-refractivity contribution in [3.63, 3.8) is 0 Å². The molecule has 1 aliphatic heterocycles. The first-order chi connectivity index (χ1) is 10.8. The fourth-order valence-corrected chi connectivity index (χ4v) is 2.72. The summed E-state index contributed by atoms with van der Waals surface area (Å²) in [5.74, 6) is 0.381. The minimum absolute atomic E-state index is 0.184. The Morgan fingerprint density at radius 3 is 2.26 bits per heavy atom. The molecule has 2 heterocycles. The maximum atomic E-state index is 12.1. The number of carbonyl (C=O) groups is 1. The zero-order valence-electron chi connectivity index (χ0n) is 13.6. The molecule has 1 aromatic carbocycles. The van der Waals surface area contributed by atoms with Gasteiger partial charge in [-0.25, -0.2) is 4.98 Å². The van der Waals surface area contributed by atoms with Gasteiger partial charge in [-0.05, 0) is 45.3 Å². The Bertz CT molecular complexity index is 683. The van der Waals surface area contributed by atoms with Gasteiger partial charge in [0, 0.05) is 10.9 Å². The number of hydrogen-bond acceptors (Lipinski definition) is 5. The zero-order valence-corrected chi connectivity index (χ0v) is 14.4. The van der Waals surface area contributed by atoms with Crippen molar-refractivity contribution in [1.29, 1.82) is 0 Å². The van der Waals surface area contributed by atoms with Crippen LogP contribution in [0.1, 0.15) is 38.1 Å². The molecule has 23 heavy (non-hydrogen) atoms. The van der Waals surface area contributed by atoms with Gasteiger partial charge in [-0.1, -0.05) is 12.1 Å². The van der Waals surface area contributed by atoms with Crippen LogP contribution in [-0.2, 0) is 9.31 Å². The lowest BCUT2D eigenvalue weighted by Gasteiger charge is -2.32. The average Bonchev–Trinajstić information content (AvgIpc) is 3.05. The highest BCUT2D eigenvalue weighted by Gasteiger charge is 2.51. The van der Waals surface area contributed by atoms with Gasteiger partial charge in [0.25, 0.3) is 5.91 Å². The largest absolute Gasteiger partial charge is 0.494 e. The van der Waals surface area contributed by atoms with E-state index in [4.69, 9.17) is 9.31 Å². The minimum atomic E-state index is -0.421. The summed E-state index contributed by atoms with van der Waals surface area (Å²) in [5.41, 5.74) is 2.39. The Hall–Kier alpha value is -1.70. The molecule has 3 rings (SSSR count). The Balaban J connectivity index is 1.72. The van der Waals surface area contributed by atoms with Crippen molar-refractivity contribution in [3.8, 4) is 0 Å². The summed E-state index contributed by atoms with van der Waals surface area (Å²) in [6.07, 6.45) is 0. The molecule has 0 saturated carbocycles. The van der Waals surface area contributed by atoms with E-state index in [1.807, 2.05) is 39.8 Å². The molecule has 5 nitrogen and oxygen atoms in total. The molecule has 1 N–H and O–H groups in total. The fraction of sp³-hybridized carbons (Fsp3) is 0.375. The molecule has 0 aliphatic carbocycles. The summed E-state index contributed by atoms with van der Waals surface area (Å²) in [4.78, 5) is 16.2. The first-order valence-electron chi connectivity index (χ1n) is 7.44. The van der Waals surface area contributed by atoms with E-state index in [9.17, 15) is 4.79 Å². The fourth-order valence-electron chi connectivity index (χ4n) is 2.23. The zero-order chi connectivity index (χ0) is 16.7. The summed E-state index contributed by atoms with van der Waals surface area (Å²) < 4.78 is 12.0. The van der Waals surface area contributed by atoms with Crippen molar-refractivity contribution < 1.29 is 14.1 Å². The van der Waals surface area contributed by atoms with Crippen LogP contribution in [0.2, 0.25) is 0 Å². The van der Waals surface area contributed by atoms with Crippen LogP contribution in [0.5, 0.6) is 0 Å². The van der Waals surface area contributed by atoms with Crippen molar-refractivity contribution >= 4 is 35.6 Å². The summed E-state index contributed by atoms with van der Waals surface area (Å²) in [7, 11) is -0.421. The second-order valence-electron chi connectivity index (χ2n) is 6.54. The third-order valence-corrected chi connectivity index (χ3v) is 4.96. The number of nitrogens with zero attached hydrogens (tertiary/aromatic N) is 1. The van der Waals surface area contributed by atoms with Gasteiger partial charge in [-0.3, -0.25) is 4.79 Å². The monoisotopic (exact) mass is 330 g/mol. The molecule has 0 unspecified atom stereocenters. The Morgan fingerprint density at radius 2 is 1.74 bits per heavy atom. The van der Waals surface area contributed by atoms with E-state index in [0.717, 1.165) is 5.46 Å². The van der Waals surface area contributed by atoms with Crippen LogP contribution in [0.4, 0.5) is 5.82 Å². The molecule has 1 aliphatic rings. The van der Waals surface area contributed by atoms with Gasteiger partial charge in [0.2, 0.25) is 0 Å². The molecule has 7 heteroatoms. The van der Waals surface area contributed by atoms with Gasteiger partial charge < -0.3 is 14.6 Å². The van der Waals surface area contributed by atoms with Crippen LogP contribution in [0.25, 0.3) is 0 Å². The van der Waals surface area contributed by atoms with Gasteiger partial charge >= 0.3 is 7.12 Å². The lowest BCUT2D eigenvalue weighted by atomic mass is 9.79. The average molecular weight is 330 g/mol. The highest BCUT2D eigenvalue weighted by atomic mass is 32.1. The maximum Gasteiger partial charge on any atom is 0.494 e. The third kappa shape index (κ3) is 3.17. The first kappa shape index (κ1) is 16.2. The van der Waals surface area contributed by atoms with Gasteiger partial charge in [0.1, 0.15) is 5.82 Å². The number of rotatable bonds is 3. The van der Waals surface area contributed by atoms with Crippen molar-refractivity contribution in [1.82, 2.24) is 4.98 Å². The molecule has 0 spiro atoms. The van der Waals surface area contributed by atoms with Crippen molar-refractivity contribution in [2.75, 3.05) is 5.32 Å². The van der Waals surface area contributed by atoms with E-state index in [-0.39, 0.29) is 17.1 Å². The van der Waals surface area contributed by atoms with Gasteiger partial charge in [0.15, 0.2) is 0 Å². The molecule has 0 atom stereocenters. The topological polar surface area (TPSA) is 60.5 Å². The molecular weight excluding hydrogens is 311 g/mol. The number of amides is 1. The van der Waals surface area contributed by atoms with Gasteiger partial charge in [0.05, 0.1) is 16.7 Å². The highest BCUT2D eigenvalue weighted by molar-refractivity contribution is 7.07. The standard InChI is InChI=1S/C16H19BN2O3S/c1-15(2)16(3,4)22-17(21-15)12-7-5-11(6-8-12)14(20)19-13-9-23-10-18-13/h5-10H,1-4H3,(H,19,20). The number of aromatic nitrogens is 1. The molecule has 1 saturated heterocycles. The molecule has 0 bridgehead atoms. The molecule has 1 fully saturated rings. The summed E-state index contributed by atoms with van der Waals surface area (Å²) in [6.45, 7) is 8.07. The second kappa shape index (κ2) is 5.74. The second-order valence-corrected chi connectivity index (χ2v) is 7.26. The lowest BCUT2D eigenvalue weighted by molar-refractivity contribution is 0.00578. The summed E-state index contributed by atoms with van der Waals surface area (Å²) >= 11 is 1.44. The van der Waals surface area contributed by atoms with E-state index in [1.165, 1.54) is 11.3 Å². The Kier molecular flexibility index (Phi) is 4.04. The predicted molar refractivity (Wildman–Crippen MR) is 92.2 cm³/mol. The Labute approximate surface area is 140 Å². The lowest BCUT2D eigenvalue weighted by Crippen LogP contribution is -2.41. The molecule has 120 valence electrons. The third-order valence-electron chi connectivity index (χ3n) is 4.37. The highest BCUT2D eigenvalue weighted by Crippen LogP contribution is 2.36. The first-order valence-corrected chi connectivity index (χ1v) is 8.38. The Morgan fingerprint density at radius 1 is 1.13 bits per heavy atom. The normalized spacial score (nSPS) is 18.9. The van der Waals surface area contributed by atoms with Crippen LogP contribution >= 0.6 is 11.3 Å². The van der Waals surface area contributed by atoms with E-state index in [1.54, 1.807) is 23.0 Å². The number of anilines is 1. The van der Waals surface area contributed by atoms with Crippen molar-refractivity contribution in [2.45, 2.75) is 38.9 Å². The number of thiazole rings is 1. The van der Waals surface area contributed by atoms with Crippen molar-refractivity contribution in [2.24, 2.45) is 0 Å². The van der Waals surface area contributed by atoms with Crippen LogP contribution in [0, 0.1) is 0 Å². The van der Waals surface area contributed by atoms with Crippen LogP contribution in [0.15, 0.2) is 35.2 Å². The van der Waals surface area contributed by atoms with E-state index < -0.39 is 7.12 Å². The number of hydrogen-bond donors (Lipinski definition) is 1. The molecule has 1 amide bonds. The number of nitrogens with one attached hydrogen (secondary N) is 1.